The molecule has 0 radical (unpaired) electrons. The number of hydrogen-bond donors (Lipinski definition) is 2. The lowest BCUT2D eigenvalue weighted by Crippen LogP contribution is -2.30. The van der Waals surface area contributed by atoms with E-state index < -0.39 is 12.0 Å². The summed E-state index contributed by atoms with van der Waals surface area (Å²) in [5, 5.41) is 2.86. The van der Waals surface area contributed by atoms with Crippen molar-refractivity contribution in [2.75, 3.05) is 26.6 Å². The van der Waals surface area contributed by atoms with Gasteiger partial charge in [-0.3, -0.25) is 4.79 Å². The average Bonchev–Trinajstić information content (AvgIpc) is 2.66. The zero-order valence-corrected chi connectivity index (χ0v) is 16.1. The molecule has 2 aromatic rings. The molecule has 0 aliphatic carbocycles. The van der Waals surface area contributed by atoms with Crippen LogP contribution in [0, 0.1) is 5.92 Å². The van der Waals surface area contributed by atoms with Gasteiger partial charge < -0.3 is 25.3 Å². The Labute approximate surface area is 160 Å². The van der Waals surface area contributed by atoms with E-state index in [1.165, 1.54) is 21.3 Å². The van der Waals surface area contributed by atoms with Crippen molar-refractivity contribution >= 4 is 24.0 Å². The van der Waals surface area contributed by atoms with Gasteiger partial charge in [0.1, 0.15) is 5.75 Å². The number of amides is 1. The minimum absolute atomic E-state index is 0. The summed E-state index contributed by atoms with van der Waals surface area (Å²) in [6.45, 7) is 1.79. The Bertz CT molecular complexity index is 725. The maximum Gasteiger partial charge on any atom is 0.229 e. The predicted molar refractivity (Wildman–Crippen MR) is 105 cm³/mol. The van der Waals surface area contributed by atoms with E-state index in [9.17, 15) is 4.79 Å². The number of ether oxygens (including phenoxy) is 3. The van der Waals surface area contributed by atoms with Gasteiger partial charge >= 0.3 is 0 Å². The number of benzene rings is 2. The number of halogens is 1. The fourth-order valence-corrected chi connectivity index (χ4v) is 2.50. The molecule has 0 saturated carbocycles. The average molecular weight is 381 g/mol. The minimum Gasteiger partial charge on any atom is -0.494 e. The topological polar surface area (TPSA) is 82.8 Å². The van der Waals surface area contributed by atoms with Crippen molar-refractivity contribution in [2.24, 2.45) is 11.7 Å². The number of methoxy groups -OCH3 is 3. The van der Waals surface area contributed by atoms with Crippen LogP contribution in [0.3, 0.4) is 0 Å². The third kappa shape index (κ3) is 4.80. The number of carbonyl (C=O) groups is 1. The van der Waals surface area contributed by atoms with Crippen molar-refractivity contribution in [3.8, 4) is 17.2 Å². The van der Waals surface area contributed by atoms with Gasteiger partial charge in [-0.2, -0.15) is 0 Å². The monoisotopic (exact) mass is 380 g/mol. The number of carbonyl (C=O) groups excluding carboxylic acids is 1. The number of anilines is 1. The third-order valence-corrected chi connectivity index (χ3v) is 4.10. The van der Waals surface area contributed by atoms with Gasteiger partial charge in [0.2, 0.25) is 5.91 Å². The molecule has 2 atom stereocenters. The van der Waals surface area contributed by atoms with Crippen molar-refractivity contribution < 1.29 is 19.0 Å². The fourth-order valence-electron chi connectivity index (χ4n) is 2.50. The molecule has 0 bridgehead atoms. The normalized spacial score (nSPS) is 12.3. The molecule has 142 valence electrons. The van der Waals surface area contributed by atoms with E-state index in [4.69, 9.17) is 19.9 Å². The standard InChI is InChI=1S/C19H24N2O4.ClH/c1-12(18(20)13-8-6-5-7-9-13)19(22)21-14-10-16(24-3)17(25-4)11-15(14)23-2;/h5-12,18H,20H2,1-4H3,(H,21,22);1H. The van der Waals surface area contributed by atoms with Gasteiger partial charge in [0.25, 0.3) is 0 Å². The minimum atomic E-state index is -0.430. The quantitative estimate of drug-likeness (QED) is 0.769. The smallest absolute Gasteiger partial charge is 0.229 e. The molecule has 26 heavy (non-hydrogen) atoms. The van der Waals surface area contributed by atoms with Gasteiger partial charge in [-0.25, -0.2) is 0 Å². The zero-order chi connectivity index (χ0) is 18.4. The first-order valence-electron chi connectivity index (χ1n) is 7.93. The van der Waals surface area contributed by atoms with E-state index in [-0.39, 0.29) is 18.3 Å². The summed E-state index contributed by atoms with van der Waals surface area (Å²) in [6.07, 6.45) is 0. The van der Waals surface area contributed by atoms with Gasteiger partial charge in [-0.1, -0.05) is 37.3 Å². The van der Waals surface area contributed by atoms with Gasteiger partial charge in [0.15, 0.2) is 11.5 Å². The molecule has 0 aromatic heterocycles. The van der Waals surface area contributed by atoms with E-state index in [0.29, 0.717) is 22.9 Å². The Morgan fingerprint density at radius 2 is 1.50 bits per heavy atom. The van der Waals surface area contributed by atoms with Crippen LogP contribution in [-0.2, 0) is 4.79 Å². The second-order valence-electron chi connectivity index (χ2n) is 5.62. The first kappa shape index (κ1) is 21.6. The third-order valence-electron chi connectivity index (χ3n) is 4.10. The van der Waals surface area contributed by atoms with Crippen molar-refractivity contribution in [1.82, 2.24) is 0 Å². The van der Waals surface area contributed by atoms with Gasteiger partial charge in [0.05, 0.1) is 32.9 Å². The van der Waals surface area contributed by atoms with E-state index in [2.05, 4.69) is 5.32 Å². The highest BCUT2D eigenvalue weighted by Gasteiger charge is 2.23. The van der Waals surface area contributed by atoms with Crippen molar-refractivity contribution in [2.45, 2.75) is 13.0 Å². The van der Waals surface area contributed by atoms with Crippen LogP contribution in [0.25, 0.3) is 0 Å². The first-order chi connectivity index (χ1) is 12.0. The van der Waals surface area contributed by atoms with Crippen LogP contribution in [0.15, 0.2) is 42.5 Å². The number of nitrogens with two attached hydrogens (primary N) is 1. The Morgan fingerprint density at radius 3 is 2.04 bits per heavy atom. The van der Waals surface area contributed by atoms with E-state index in [1.807, 2.05) is 30.3 Å². The molecule has 2 unspecified atom stereocenters. The first-order valence-corrected chi connectivity index (χ1v) is 7.93. The molecule has 0 aliphatic heterocycles. The molecule has 6 nitrogen and oxygen atoms in total. The highest BCUT2D eigenvalue weighted by Crippen LogP contribution is 2.38. The number of rotatable bonds is 7. The molecule has 2 rings (SSSR count). The molecule has 0 heterocycles. The summed E-state index contributed by atoms with van der Waals surface area (Å²) in [5.74, 6) is 0.860. The van der Waals surface area contributed by atoms with Crippen LogP contribution >= 0.6 is 12.4 Å². The largest absolute Gasteiger partial charge is 0.494 e. The second kappa shape index (κ2) is 9.89. The lowest BCUT2D eigenvalue weighted by Gasteiger charge is -2.21. The molecule has 2 aromatic carbocycles. The highest BCUT2D eigenvalue weighted by atomic mass is 35.5. The van der Waals surface area contributed by atoms with Crippen LogP contribution in [0.4, 0.5) is 5.69 Å². The van der Waals surface area contributed by atoms with E-state index in [0.717, 1.165) is 5.56 Å². The Morgan fingerprint density at radius 1 is 0.962 bits per heavy atom. The Hall–Kier alpha value is -2.44. The summed E-state index contributed by atoms with van der Waals surface area (Å²) in [6, 6.07) is 12.4. The van der Waals surface area contributed by atoms with Crippen molar-refractivity contribution in [1.29, 1.82) is 0 Å². The maximum atomic E-state index is 12.6. The number of hydrogen-bond acceptors (Lipinski definition) is 5. The van der Waals surface area contributed by atoms with Crippen LogP contribution in [0.2, 0.25) is 0 Å². The van der Waals surface area contributed by atoms with Gasteiger partial charge in [0, 0.05) is 18.2 Å². The Balaban J connectivity index is 0.00000338. The van der Waals surface area contributed by atoms with Crippen LogP contribution < -0.4 is 25.3 Å². The van der Waals surface area contributed by atoms with E-state index >= 15 is 0 Å². The summed E-state index contributed by atoms with van der Waals surface area (Å²) in [7, 11) is 4.59. The predicted octanol–water partition coefficient (Wildman–Crippen LogP) is 3.41. The highest BCUT2D eigenvalue weighted by molar-refractivity contribution is 5.94. The Kier molecular flexibility index (Phi) is 8.22. The molecule has 3 N–H and O–H groups in total. The number of nitrogens with one attached hydrogen (secondary N) is 1. The zero-order valence-electron chi connectivity index (χ0n) is 15.3. The molecular formula is C19H25ClN2O4. The van der Waals surface area contributed by atoms with Gasteiger partial charge in [-0.05, 0) is 5.56 Å². The lowest BCUT2D eigenvalue weighted by molar-refractivity contribution is -0.120. The van der Waals surface area contributed by atoms with Crippen LogP contribution in [0.1, 0.15) is 18.5 Å². The molecular weight excluding hydrogens is 356 g/mol. The molecule has 0 spiro atoms. The molecule has 1 amide bonds. The molecule has 7 heteroatoms. The summed E-state index contributed by atoms with van der Waals surface area (Å²) in [4.78, 5) is 12.6. The summed E-state index contributed by atoms with van der Waals surface area (Å²) >= 11 is 0. The lowest BCUT2D eigenvalue weighted by atomic mass is 9.94. The summed E-state index contributed by atoms with van der Waals surface area (Å²) < 4.78 is 15.9. The van der Waals surface area contributed by atoms with Crippen molar-refractivity contribution in [3.63, 3.8) is 0 Å². The van der Waals surface area contributed by atoms with Gasteiger partial charge in [-0.15, -0.1) is 12.4 Å². The second-order valence-corrected chi connectivity index (χ2v) is 5.62. The summed E-state index contributed by atoms with van der Waals surface area (Å²) in [5.41, 5.74) is 7.63. The van der Waals surface area contributed by atoms with Crippen LogP contribution in [0.5, 0.6) is 17.2 Å². The molecule has 0 aliphatic rings. The van der Waals surface area contributed by atoms with E-state index in [1.54, 1.807) is 19.1 Å². The maximum absolute atomic E-state index is 12.6. The van der Waals surface area contributed by atoms with Crippen molar-refractivity contribution in [3.05, 3.63) is 48.0 Å². The molecule has 0 saturated heterocycles. The van der Waals surface area contributed by atoms with Crippen LogP contribution in [-0.4, -0.2) is 27.2 Å². The molecule has 0 fully saturated rings. The fraction of sp³-hybridized carbons (Fsp3) is 0.316. The SMILES string of the molecule is COc1cc(OC)c(OC)cc1NC(=O)C(C)C(N)c1ccccc1.Cl.